The van der Waals surface area contributed by atoms with Crippen molar-refractivity contribution in [2.45, 2.75) is 18.9 Å². The van der Waals surface area contributed by atoms with Crippen LogP contribution < -0.4 is 4.90 Å². The van der Waals surface area contributed by atoms with Crippen molar-refractivity contribution >= 4 is 23.4 Å². The van der Waals surface area contributed by atoms with Crippen LogP contribution in [-0.4, -0.2) is 54.2 Å². The van der Waals surface area contributed by atoms with Gasteiger partial charge in [0.2, 0.25) is 0 Å². The second-order valence-corrected chi connectivity index (χ2v) is 5.39. The third-order valence-electron chi connectivity index (χ3n) is 3.62. The number of carbonyl (C=O) groups is 1. The number of hydrogen-bond acceptors (Lipinski definition) is 4. The van der Waals surface area contributed by atoms with Crippen LogP contribution in [0.25, 0.3) is 0 Å². The molecule has 1 fully saturated rings. The van der Waals surface area contributed by atoms with Gasteiger partial charge in [0, 0.05) is 25.8 Å². The Balaban J connectivity index is 2.12. The minimum absolute atomic E-state index is 0.0956. The lowest BCUT2D eigenvalue weighted by molar-refractivity contribution is 0.0697. The number of rotatable bonds is 4. The fraction of sp³-hybridized carbons (Fsp3) is 0.538. The zero-order valence-corrected chi connectivity index (χ0v) is 11.9. The first kappa shape index (κ1) is 14.1. The standard InChI is InChI=1S/C13H18ClN3O2/c1-16-5-3-4-9(16)8-17(2)12-6-10(13(18)19)11(14)7-15-12/h6-7,9H,3-5,8H2,1-2H3,(H,18,19). The molecule has 1 N–H and O–H groups in total. The fourth-order valence-corrected chi connectivity index (χ4v) is 2.60. The third kappa shape index (κ3) is 3.16. The van der Waals surface area contributed by atoms with Crippen molar-refractivity contribution in [3.8, 4) is 0 Å². The molecule has 1 atom stereocenters. The van der Waals surface area contributed by atoms with Crippen molar-refractivity contribution < 1.29 is 9.90 Å². The monoisotopic (exact) mass is 283 g/mol. The van der Waals surface area contributed by atoms with Crippen LogP contribution in [0.3, 0.4) is 0 Å². The van der Waals surface area contributed by atoms with Gasteiger partial charge >= 0.3 is 5.97 Å². The highest BCUT2D eigenvalue weighted by Crippen LogP contribution is 2.22. The minimum atomic E-state index is -1.03. The number of aromatic carboxylic acids is 1. The maximum absolute atomic E-state index is 11.1. The quantitative estimate of drug-likeness (QED) is 0.915. The van der Waals surface area contributed by atoms with E-state index in [9.17, 15) is 4.79 Å². The predicted octanol–water partition coefficient (Wildman–Crippen LogP) is 1.96. The molecule has 1 aromatic heterocycles. The largest absolute Gasteiger partial charge is 0.478 e. The average Bonchev–Trinajstić information content (AvgIpc) is 2.75. The molecule has 0 saturated carbocycles. The van der Waals surface area contributed by atoms with Gasteiger partial charge in [-0.05, 0) is 32.5 Å². The zero-order valence-electron chi connectivity index (χ0n) is 11.1. The van der Waals surface area contributed by atoms with Gasteiger partial charge in [0.25, 0.3) is 0 Å². The molecule has 1 aliphatic heterocycles. The van der Waals surface area contributed by atoms with Crippen LogP contribution in [0.5, 0.6) is 0 Å². The molecular weight excluding hydrogens is 266 g/mol. The van der Waals surface area contributed by atoms with E-state index in [4.69, 9.17) is 16.7 Å². The minimum Gasteiger partial charge on any atom is -0.478 e. The van der Waals surface area contributed by atoms with Crippen molar-refractivity contribution in [2.24, 2.45) is 0 Å². The fourth-order valence-electron chi connectivity index (χ4n) is 2.42. The lowest BCUT2D eigenvalue weighted by atomic mass is 10.2. The molecule has 0 bridgehead atoms. The van der Waals surface area contributed by atoms with Gasteiger partial charge in [-0.25, -0.2) is 9.78 Å². The number of hydrogen-bond donors (Lipinski definition) is 1. The van der Waals surface area contributed by atoms with E-state index in [1.807, 2.05) is 11.9 Å². The molecule has 0 amide bonds. The zero-order chi connectivity index (χ0) is 14.0. The van der Waals surface area contributed by atoms with E-state index < -0.39 is 5.97 Å². The number of carboxylic acid groups (broad SMARTS) is 1. The van der Waals surface area contributed by atoms with Gasteiger partial charge in [-0.1, -0.05) is 11.6 Å². The van der Waals surface area contributed by atoms with Gasteiger partial charge in [-0.3, -0.25) is 0 Å². The molecule has 0 aromatic carbocycles. The normalized spacial score (nSPS) is 19.6. The Morgan fingerprint density at radius 2 is 2.42 bits per heavy atom. The summed E-state index contributed by atoms with van der Waals surface area (Å²) in [7, 11) is 4.04. The van der Waals surface area contributed by atoms with Crippen molar-refractivity contribution in [1.29, 1.82) is 0 Å². The molecule has 1 unspecified atom stereocenters. The first-order valence-corrected chi connectivity index (χ1v) is 6.67. The van der Waals surface area contributed by atoms with Crippen molar-refractivity contribution in [2.75, 3.05) is 32.1 Å². The summed E-state index contributed by atoms with van der Waals surface area (Å²) in [6.07, 6.45) is 3.78. The lowest BCUT2D eigenvalue weighted by Crippen LogP contribution is -2.37. The summed E-state index contributed by atoms with van der Waals surface area (Å²) in [6.45, 7) is 1.96. The smallest absolute Gasteiger partial charge is 0.337 e. The van der Waals surface area contributed by atoms with Crippen molar-refractivity contribution in [1.82, 2.24) is 9.88 Å². The molecule has 1 aromatic rings. The van der Waals surface area contributed by atoms with Crippen LogP contribution in [0.2, 0.25) is 5.02 Å². The number of nitrogens with zero attached hydrogens (tertiary/aromatic N) is 3. The van der Waals surface area contributed by atoms with Crippen molar-refractivity contribution in [3.05, 3.63) is 22.8 Å². The SMILES string of the molecule is CN(CC1CCCN1C)c1cc(C(=O)O)c(Cl)cn1. The maximum Gasteiger partial charge on any atom is 0.337 e. The number of pyridine rings is 1. The molecule has 1 saturated heterocycles. The van der Waals surface area contributed by atoms with E-state index in [0.717, 1.165) is 13.1 Å². The summed E-state index contributed by atoms with van der Waals surface area (Å²) in [5, 5.41) is 9.23. The highest BCUT2D eigenvalue weighted by molar-refractivity contribution is 6.33. The number of anilines is 1. The van der Waals surface area contributed by atoms with E-state index in [0.29, 0.717) is 11.9 Å². The van der Waals surface area contributed by atoms with Crippen LogP contribution in [-0.2, 0) is 0 Å². The Hall–Kier alpha value is -1.33. The number of likely N-dealkylation sites (N-methyl/N-ethyl adjacent to an activating group) is 2. The number of halogens is 1. The summed E-state index contributed by atoms with van der Waals surface area (Å²) in [4.78, 5) is 19.6. The van der Waals surface area contributed by atoms with E-state index >= 15 is 0 Å². The first-order chi connectivity index (χ1) is 8.99. The molecule has 1 aliphatic rings. The van der Waals surface area contributed by atoms with Gasteiger partial charge in [0.1, 0.15) is 5.82 Å². The average molecular weight is 284 g/mol. The van der Waals surface area contributed by atoms with Crippen molar-refractivity contribution in [3.63, 3.8) is 0 Å². The summed E-state index contributed by atoms with van der Waals surface area (Å²) in [5.74, 6) is -0.387. The molecule has 2 rings (SSSR count). The van der Waals surface area contributed by atoms with E-state index in [2.05, 4.69) is 16.9 Å². The summed E-state index contributed by atoms with van der Waals surface area (Å²) >= 11 is 5.82. The summed E-state index contributed by atoms with van der Waals surface area (Å²) in [5.41, 5.74) is 0.0956. The van der Waals surface area contributed by atoms with Gasteiger partial charge in [-0.15, -0.1) is 0 Å². The Bertz CT molecular complexity index is 481. The Labute approximate surface area is 117 Å². The van der Waals surface area contributed by atoms with Crippen LogP contribution in [0, 0.1) is 0 Å². The number of carboxylic acids is 1. The molecule has 2 heterocycles. The molecule has 19 heavy (non-hydrogen) atoms. The molecule has 0 aliphatic carbocycles. The lowest BCUT2D eigenvalue weighted by Gasteiger charge is -2.26. The highest BCUT2D eigenvalue weighted by Gasteiger charge is 2.23. The van der Waals surface area contributed by atoms with Gasteiger partial charge in [0.15, 0.2) is 0 Å². The summed E-state index contributed by atoms with van der Waals surface area (Å²) < 4.78 is 0. The molecule has 0 radical (unpaired) electrons. The molecule has 104 valence electrons. The van der Waals surface area contributed by atoms with E-state index in [1.54, 1.807) is 0 Å². The molecule has 0 spiro atoms. The van der Waals surface area contributed by atoms with Gasteiger partial charge in [0.05, 0.1) is 10.6 Å². The second-order valence-electron chi connectivity index (χ2n) is 4.98. The molecular formula is C13H18ClN3O2. The maximum atomic E-state index is 11.1. The Morgan fingerprint density at radius 3 is 3.00 bits per heavy atom. The molecule has 6 heteroatoms. The number of likely N-dealkylation sites (tertiary alicyclic amines) is 1. The predicted molar refractivity (Wildman–Crippen MR) is 75.1 cm³/mol. The Morgan fingerprint density at radius 1 is 1.68 bits per heavy atom. The molecule has 5 nitrogen and oxygen atoms in total. The van der Waals surface area contributed by atoms with Gasteiger partial charge < -0.3 is 14.9 Å². The van der Waals surface area contributed by atoms with Crippen LogP contribution in [0.15, 0.2) is 12.3 Å². The summed E-state index contributed by atoms with van der Waals surface area (Å²) in [6, 6.07) is 2.02. The third-order valence-corrected chi connectivity index (χ3v) is 3.92. The van der Waals surface area contributed by atoms with E-state index in [-0.39, 0.29) is 10.6 Å². The highest BCUT2D eigenvalue weighted by atomic mass is 35.5. The number of aromatic nitrogens is 1. The van der Waals surface area contributed by atoms with Gasteiger partial charge in [-0.2, -0.15) is 0 Å². The van der Waals surface area contributed by atoms with Crippen LogP contribution in [0.1, 0.15) is 23.2 Å². The van der Waals surface area contributed by atoms with Crippen LogP contribution >= 0.6 is 11.6 Å². The Kier molecular flexibility index (Phi) is 4.27. The van der Waals surface area contributed by atoms with Crippen LogP contribution in [0.4, 0.5) is 5.82 Å². The second kappa shape index (κ2) is 5.75. The first-order valence-electron chi connectivity index (χ1n) is 6.29. The topological polar surface area (TPSA) is 56.7 Å². The van der Waals surface area contributed by atoms with E-state index in [1.165, 1.54) is 25.1 Å².